The Balaban J connectivity index is 1.47. The van der Waals surface area contributed by atoms with Crippen LogP contribution in [0.4, 0.5) is 5.69 Å². The third-order valence-electron chi connectivity index (χ3n) is 4.00. The molecule has 1 aromatic heterocycles. The van der Waals surface area contributed by atoms with Crippen LogP contribution in [-0.4, -0.2) is 22.5 Å². The number of rotatable bonds is 5. The number of nitrogens with one attached hydrogen (secondary N) is 1. The summed E-state index contributed by atoms with van der Waals surface area (Å²) in [6, 6.07) is 24.5. The van der Waals surface area contributed by atoms with Gasteiger partial charge in [-0.05, 0) is 36.4 Å². The summed E-state index contributed by atoms with van der Waals surface area (Å²) in [6.07, 6.45) is 1.74. The van der Waals surface area contributed by atoms with Crippen LogP contribution in [0.2, 0.25) is 0 Å². The zero-order chi connectivity index (χ0) is 18.5. The van der Waals surface area contributed by atoms with Crippen molar-refractivity contribution in [2.45, 2.75) is 0 Å². The van der Waals surface area contributed by atoms with Crippen LogP contribution in [0.25, 0.3) is 22.3 Å². The summed E-state index contributed by atoms with van der Waals surface area (Å²) < 4.78 is 5.47. The number of benzene rings is 3. The van der Waals surface area contributed by atoms with Crippen molar-refractivity contribution in [3.05, 3.63) is 85.1 Å². The van der Waals surface area contributed by atoms with E-state index in [-0.39, 0.29) is 12.5 Å². The van der Waals surface area contributed by atoms with Gasteiger partial charge in [0.25, 0.3) is 5.91 Å². The number of anilines is 1. The lowest BCUT2D eigenvalue weighted by molar-refractivity contribution is -0.118. The van der Waals surface area contributed by atoms with Gasteiger partial charge in [-0.2, -0.15) is 0 Å². The predicted molar refractivity (Wildman–Crippen MR) is 106 cm³/mol. The van der Waals surface area contributed by atoms with E-state index in [0.29, 0.717) is 11.4 Å². The van der Waals surface area contributed by atoms with Crippen LogP contribution in [0.1, 0.15) is 0 Å². The van der Waals surface area contributed by atoms with Crippen molar-refractivity contribution in [1.29, 1.82) is 0 Å². The maximum Gasteiger partial charge on any atom is 0.262 e. The summed E-state index contributed by atoms with van der Waals surface area (Å²) in [5.41, 5.74) is 4.01. The van der Waals surface area contributed by atoms with E-state index in [9.17, 15) is 4.79 Å². The molecule has 0 saturated heterocycles. The van der Waals surface area contributed by atoms with Gasteiger partial charge in [0.1, 0.15) is 5.75 Å². The van der Waals surface area contributed by atoms with Crippen LogP contribution in [0.3, 0.4) is 0 Å². The van der Waals surface area contributed by atoms with Gasteiger partial charge in [0.2, 0.25) is 0 Å². The second-order valence-electron chi connectivity index (χ2n) is 5.97. The highest BCUT2D eigenvalue weighted by molar-refractivity contribution is 5.92. The number of hydrogen-bond acceptors (Lipinski definition) is 4. The highest BCUT2D eigenvalue weighted by atomic mass is 16.5. The van der Waals surface area contributed by atoms with Crippen molar-refractivity contribution in [2.24, 2.45) is 0 Å². The molecule has 0 bridgehead atoms. The fraction of sp³-hybridized carbons (Fsp3) is 0.0455. The number of nitrogens with zero attached hydrogens (tertiary/aromatic N) is 2. The van der Waals surface area contributed by atoms with E-state index in [0.717, 1.165) is 22.3 Å². The third kappa shape index (κ3) is 4.10. The molecule has 0 aliphatic heterocycles. The lowest BCUT2D eigenvalue weighted by atomic mass is 10.1. The van der Waals surface area contributed by atoms with Crippen molar-refractivity contribution in [1.82, 2.24) is 9.97 Å². The van der Waals surface area contributed by atoms with E-state index in [4.69, 9.17) is 4.74 Å². The largest absolute Gasteiger partial charge is 0.484 e. The topological polar surface area (TPSA) is 64.1 Å². The summed E-state index contributed by atoms with van der Waals surface area (Å²) in [5.74, 6) is 0.438. The predicted octanol–water partition coefficient (Wildman–Crippen LogP) is 4.31. The molecule has 0 atom stereocenters. The minimum absolute atomic E-state index is 0.0516. The van der Waals surface area contributed by atoms with Crippen molar-refractivity contribution < 1.29 is 9.53 Å². The van der Waals surface area contributed by atoms with Crippen molar-refractivity contribution in [3.63, 3.8) is 0 Å². The molecule has 3 aromatic carbocycles. The molecular formula is C22H17N3O2. The first-order valence-electron chi connectivity index (χ1n) is 8.58. The number of amides is 1. The molecule has 4 aromatic rings. The molecule has 0 aliphatic carbocycles. The maximum atomic E-state index is 12.1. The average Bonchev–Trinajstić information content (AvgIpc) is 2.73. The molecule has 5 heteroatoms. The van der Waals surface area contributed by atoms with Gasteiger partial charge < -0.3 is 10.1 Å². The number of ether oxygens (including phenoxy) is 1. The summed E-state index contributed by atoms with van der Waals surface area (Å²) >= 11 is 0. The Morgan fingerprint density at radius 3 is 2.52 bits per heavy atom. The van der Waals surface area contributed by atoms with Crippen molar-refractivity contribution in [2.75, 3.05) is 11.9 Å². The van der Waals surface area contributed by atoms with Crippen LogP contribution in [0.15, 0.2) is 85.1 Å². The first-order chi connectivity index (χ1) is 13.3. The van der Waals surface area contributed by atoms with Crippen LogP contribution in [0.5, 0.6) is 5.75 Å². The van der Waals surface area contributed by atoms with Crippen molar-refractivity contribution in [3.8, 4) is 17.0 Å². The molecular weight excluding hydrogens is 338 g/mol. The smallest absolute Gasteiger partial charge is 0.262 e. The maximum absolute atomic E-state index is 12.1. The average molecular weight is 355 g/mol. The summed E-state index contributed by atoms with van der Waals surface area (Å²) in [7, 11) is 0. The van der Waals surface area contributed by atoms with Gasteiger partial charge in [-0.1, -0.05) is 42.5 Å². The molecule has 1 N–H and O–H groups in total. The Labute approximate surface area is 156 Å². The minimum Gasteiger partial charge on any atom is -0.484 e. The van der Waals surface area contributed by atoms with Gasteiger partial charge in [-0.15, -0.1) is 0 Å². The van der Waals surface area contributed by atoms with Crippen molar-refractivity contribution >= 4 is 22.6 Å². The molecule has 132 valence electrons. The Morgan fingerprint density at radius 2 is 1.67 bits per heavy atom. The third-order valence-corrected chi connectivity index (χ3v) is 4.00. The molecule has 0 saturated carbocycles. The quantitative estimate of drug-likeness (QED) is 0.579. The highest BCUT2D eigenvalue weighted by Gasteiger charge is 2.07. The molecule has 5 nitrogen and oxygen atoms in total. The molecule has 4 rings (SSSR count). The zero-order valence-corrected chi connectivity index (χ0v) is 14.5. The fourth-order valence-corrected chi connectivity index (χ4v) is 2.72. The van der Waals surface area contributed by atoms with Gasteiger partial charge in [-0.3, -0.25) is 9.78 Å². The standard InChI is InChI=1S/C22H17N3O2/c26-22(15-27-18-9-2-1-3-10-18)24-17-8-6-7-16(13-17)21-14-23-19-11-4-5-12-20(19)25-21/h1-14H,15H2,(H,24,26). The van der Waals surface area contributed by atoms with E-state index < -0.39 is 0 Å². The monoisotopic (exact) mass is 355 g/mol. The lowest BCUT2D eigenvalue weighted by Crippen LogP contribution is -2.20. The SMILES string of the molecule is O=C(COc1ccccc1)Nc1cccc(-c2cnc3ccccc3n2)c1. The summed E-state index contributed by atoms with van der Waals surface area (Å²) in [5, 5.41) is 2.85. The molecule has 0 spiro atoms. The number of fused-ring (bicyclic) bond motifs is 1. The molecule has 0 fully saturated rings. The Kier molecular flexibility index (Phi) is 4.74. The first-order valence-corrected chi connectivity index (χ1v) is 8.58. The molecule has 27 heavy (non-hydrogen) atoms. The number of hydrogen-bond donors (Lipinski definition) is 1. The molecule has 1 amide bonds. The second-order valence-corrected chi connectivity index (χ2v) is 5.97. The molecule has 1 heterocycles. The van der Waals surface area contributed by atoms with Crippen LogP contribution < -0.4 is 10.1 Å². The Bertz CT molecular complexity index is 1080. The lowest BCUT2D eigenvalue weighted by Gasteiger charge is -2.09. The van der Waals surface area contributed by atoms with Crippen LogP contribution in [-0.2, 0) is 4.79 Å². The number of carbonyl (C=O) groups is 1. The van der Waals surface area contributed by atoms with Crippen LogP contribution >= 0.6 is 0 Å². The second kappa shape index (κ2) is 7.66. The Morgan fingerprint density at radius 1 is 0.889 bits per heavy atom. The van der Waals surface area contributed by atoms with Gasteiger partial charge in [0.15, 0.2) is 6.61 Å². The normalized spacial score (nSPS) is 10.5. The highest BCUT2D eigenvalue weighted by Crippen LogP contribution is 2.22. The number of aromatic nitrogens is 2. The van der Waals surface area contributed by atoms with E-state index in [2.05, 4.69) is 15.3 Å². The van der Waals surface area contributed by atoms with E-state index in [1.807, 2.05) is 78.9 Å². The van der Waals surface area contributed by atoms with E-state index in [1.165, 1.54) is 0 Å². The van der Waals surface area contributed by atoms with E-state index >= 15 is 0 Å². The number of para-hydroxylation sites is 3. The molecule has 0 radical (unpaired) electrons. The molecule has 0 unspecified atom stereocenters. The van der Waals surface area contributed by atoms with Gasteiger partial charge in [-0.25, -0.2) is 4.98 Å². The number of carbonyl (C=O) groups excluding carboxylic acids is 1. The summed E-state index contributed by atoms with van der Waals surface area (Å²) in [4.78, 5) is 21.2. The van der Waals surface area contributed by atoms with Crippen LogP contribution in [0, 0.1) is 0 Å². The van der Waals surface area contributed by atoms with E-state index in [1.54, 1.807) is 6.20 Å². The molecule has 0 aliphatic rings. The summed E-state index contributed by atoms with van der Waals surface area (Å²) in [6.45, 7) is -0.0516. The van der Waals surface area contributed by atoms with Gasteiger partial charge in [0, 0.05) is 11.3 Å². The first kappa shape index (κ1) is 16.7. The Hall–Kier alpha value is -3.73. The van der Waals surface area contributed by atoms with Gasteiger partial charge >= 0.3 is 0 Å². The fourth-order valence-electron chi connectivity index (χ4n) is 2.72. The van der Waals surface area contributed by atoms with Gasteiger partial charge in [0.05, 0.1) is 22.9 Å². The zero-order valence-electron chi connectivity index (χ0n) is 14.5. The minimum atomic E-state index is -0.222.